The average Bonchev–Trinajstić information content (AvgIpc) is 2.96. The topological polar surface area (TPSA) is 57.8 Å². The van der Waals surface area contributed by atoms with Crippen molar-refractivity contribution >= 4 is 17.7 Å². The van der Waals surface area contributed by atoms with Crippen molar-refractivity contribution in [2.75, 3.05) is 5.75 Å². The minimum Gasteiger partial charge on any atom is -0.354 e. The lowest BCUT2D eigenvalue weighted by atomic mass is 10.1. The predicted molar refractivity (Wildman–Crippen MR) is 93.4 cm³/mol. The number of hydrogen-bond acceptors (Lipinski definition) is 3. The normalized spacial score (nSPS) is 11.7. The first-order valence-electron chi connectivity index (χ1n) is 7.61. The van der Waals surface area contributed by atoms with E-state index in [-0.39, 0.29) is 11.9 Å². The number of carbonyl (C=O) groups excluding carboxylic acids is 1. The highest BCUT2D eigenvalue weighted by Crippen LogP contribution is 2.22. The summed E-state index contributed by atoms with van der Waals surface area (Å²) in [5, 5.41) is 11.8. The van der Waals surface area contributed by atoms with Crippen molar-refractivity contribution < 1.29 is 4.79 Å². The molecule has 1 heterocycles. The smallest absolute Gasteiger partial charge is 0.252 e. The van der Waals surface area contributed by atoms with Gasteiger partial charge in [-0.15, -0.1) is 11.8 Å². The Bertz CT molecular complexity index is 702. The van der Waals surface area contributed by atoms with E-state index in [9.17, 15) is 4.79 Å². The van der Waals surface area contributed by atoms with Gasteiger partial charge in [-0.3, -0.25) is 4.79 Å². The maximum absolute atomic E-state index is 12.5. The third-order valence-corrected chi connectivity index (χ3v) is 4.63. The number of hydrogen-bond donors (Lipinski definition) is 1. The van der Waals surface area contributed by atoms with Crippen LogP contribution in [-0.2, 0) is 13.5 Å². The molecule has 1 atom stereocenters. The number of nitrogens with zero attached hydrogens (tertiary/aromatic N) is 2. The van der Waals surface area contributed by atoms with Gasteiger partial charge in [0.25, 0.3) is 5.91 Å². The summed E-state index contributed by atoms with van der Waals surface area (Å²) in [5.41, 5.74) is 1.90. The van der Waals surface area contributed by atoms with Crippen molar-refractivity contribution in [2.45, 2.75) is 30.7 Å². The summed E-state index contributed by atoms with van der Waals surface area (Å²) >= 11 is 1.39. The number of benzene rings is 1. The molecule has 0 radical (unpaired) electrons. The molecule has 1 unspecified atom stereocenters. The molecular weight excluding hydrogens is 306 g/mol. The predicted octanol–water partition coefficient (Wildman–Crippen LogP) is 3.39. The number of thioether (sulfide) groups is 1. The van der Waals surface area contributed by atoms with E-state index in [1.54, 1.807) is 6.07 Å². The Balaban J connectivity index is 1.93. The largest absolute Gasteiger partial charge is 0.354 e. The minimum absolute atomic E-state index is 0.0783. The monoisotopic (exact) mass is 327 g/mol. The van der Waals surface area contributed by atoms with Crippen LogP contribution in [0.4, 0.5) is 0 Å². The number of aromatic nitrogens is 1. The van der Waals surface area contributed by atoms with Gasteiger partial charge >= 0.3 is 0 Å². The van der Waals surface area contributed by atoms with Gasteiger partial charge in [0.15, 0.2) is 0 Å². The molecule has 0 aliphatic rings. The first-order chi connectivity index (χ1) is 11.1. The van der Waals surface area contributed by atoms with Crippen molar-refractivity contribution in [1.29, 1.82) is 5.26 Å². The van der Waals surface area contributed by atoms with E-state index in [1.807, 2.05) is 44.4 Å². The Morgan fingerprint density at radius 3 is 2.83 bits per heavy atom. The maximum Gasteiger partial charge on any atom is 0.252 e. The summed E-state index contributed by atoms with van der Waals surface area (Å²) in [7, 11) is 2.03. The summed E-state index contributed by atoms with van der Waals surface area (Å²) in [4.78, 5) is 13.3. The zero-order valence-corrected chi connectivity index (χ0v) is 14.3. The van der Waals surface area contributed by atoms with Crippen LogP contribution in [-0.4, -0.2) is 22.3 Å². The quantitative estimate of drug-likeness (QED) is 0.793. The van der Waals surface area contributed by atoms with Gasteiger partial charge in [-0.2, -0.15) is 5.26 Å². The van der Waals surface area contributed by atoms with Gasteiger partial charge in [0.1, 0.15) is 0 Å². The molecule has 1 amide bonds. The standard InChI is InChI=1S/C18H21N3OS/c1-14(9-10-15-6-5-12-21(15)2)20-18(22)16-7-3-4-8-17(16)23-13-11-19/h3-8,12,14H,9-10,13H2,1-2H3,(H,20,22). The fourth-order valence-corrected chi connectivity index (χ4v) is 3.10. The maximum atomic E-state index is 12.5. The van der Waals surface area contributed by atoms with Gasteiger partial charge in [-0.05, 0) is 44.0 Å². The third-order valence-electron chi connectivity index (χ3n) is 3.69. The molecule has 1 aromatic carbocycles. The fraction of sp³-hybridized carbons (Fsp3) is 0.333. The highest BCUT2D eigenvalue weighted by atomic mass is 32.2. The Morgan fingerprint density at radius 2 is 2.13 bits per heavy atom. The van der Waals surface area contributed by atoms with Crippen molar-refractivity contribution in [2.24, 2.45) is 7.05 Å². The molecule has 23 heavy (non-hydrogen) atoms. The van der Waals surface area contributed by atoms with Crippen LogP contribution < -0.4 is 5.32 Å². The van der Waals surface area contributed by atoms with E-state index >= 15 is 0 Å². The molecule has 2 rings (SSSR count). The zero-order chi connectivity index (χ0) is 16.7. The van der Waals surface area contributed by atoms with Gasteiger partial charge in [0.05, 0.1) is 17.4 Å². The van der Waals surface area contributed by atoms with E-state index < -0.39 is 0 Å². The Morgan fingerprint density at radius 1 is 1.35 bits per heavy atom. The number of aryl methyl sites for hydroxylation is 2. The number of rotatable bonds is 7. The Kier molecular flexibility index (Phi) is 6.30. The van der Waals surface area contributed by atoms with Gasteiger partial charge in [-0.25, -0.2) is 0 Å². The number of nitrogens with one attached hydrogen (secondary N) is 1. The van der Waals surface area contributed by atoms with E-state index in [0.717, 1.165) is 17.7 Å². The lowest BCUT2D eigenvalue weighted by molar-refractivity contribution is 0.0935. The van der Waals surface area contributed by atoms with Crippen molar-refractivity contribution in [3.05, 3.63) is 53.9 Å². The van der Waals surface area contributed by atoms with E-state index in [1.165, 1.54) is 17.5 Å². The van der Waals surface area contributed by atoms with Crippen molar-refractivity contribution in [1.82, 2.24) is 9.88 Å². The van der Waals surface area contributed by atoms with Crippen LogP contribution in [0, 0.1) is 11.3 Å². The minimum atomic E-state index is -0.0783. The van der Waals surface area contributed by atoms with Crippen LogP contribution in [0.1, 0.15) is 29.4 Å². The summed E-state index contributed by atoms with van der Waals surface area (Å²) in [6.07, 6.45) is 3.84. The second kappa shape index (κ2) is 8.44. The Labute approximate surface area is 141 Å². The summed E-state index contributed by atoms with van der Waals surface area (Å²) in [6, 6.07) is 13.7. The summed E-state index contributed by atoms with van der Waals surface area (Å²) in [5.74, 6) is 0.262. The number of carbonyl (C=O) groups is 1. The lowest BCUT2D eigenvalue weighted by Gasteiger charge is -2.15. The number of nitriles is 1. The second-order valence-electron chi connectivity index (χ2n) is 5.47. The first kappa shape index (κ1) is 17.2. The molecule has 0 saturated heterocycles. The van der Waals surface area contributed by atoms with Crippen molar-refractivity contribution in [3.8, 4) is 6.07 Å². The molecule has 0 fully saturated rings. The molecule has 0 aliphatic carbocycles. The molecular formula is C18H21N3OS. The van der Waals surface area contributed by atoms with Crippen LogP contribution in [0.25, 0.3) is 0 Å². The first-order valence-corrected chi connectivity index (χ1v) is 8.60. The average molecular weight is 327 g/mol. The Hall–Kier alpha value is -2.19. The molecule has 2 aromatic rings. The molecule has 0 bridgehead atoms. The molecule has 1 aromatic heterocycles. The van der Waals surface area contributed by atoms with Crippen molar-refractivity contribution in [3.63, 3.8) is 0 Å². The molecule has 120 valence electrons. The van der Waals surface area contributed by atoms with Crippen LogP contribution in [0.5, 0.6) is 0 Å². The highest BCUT2D eigenvalue weighted by Gasteiger charge is 2.14. The van der Waals surface area contributed by atoms with Crippen LogP contribution >= 0.6 is 11.8 Å². The van der Waals surface area contributed by atoms with Gasteiger partial charge < -0.3 is 9.88 Å². The molecule has 0 saturated carbocycles. The van der Waals surface area contributed by atoms with Crippen LogP contribution in [0.15, 0.2) is 47.5 Å². The molecule has 4 nitrogen and oxygen atoms in total. The van der Waals surface area contributed by atoms with Crippen LogP contribution in [0.3, 0.4) is 0 Å². The molecule has 0 aliphatic heterocycles. The van der Waals surface area contributed by atoms with E-state index in [4.69, 9.17) is 5.26 Å². The highest BCUT2D eigenvalue weighted by molar-refractivity contribution is 7.99. The van der Waals surface area contributed by atoms with Crippen LogP contribution in [0.2, 0.25) is 0 Å². The van der Waals surface area contributed by atoms with Gasteiger partial charge in [0, 0.05) is 29.9 Å². The lowest BCUT2D eigenvalue weighted by Crippen LogP contribution is -2.33. The van der Waals surface area contributed by atoms with Gasteiger partial charge in [0.2, 0.25) is 0 Å². The third kappa shape index (κ3) is 4.90. The second-order valence-corrected chi connectivity index (χ2v) is 6.48. The van der Waals surface area contributed by atoms with E-state index in [0.29, 0.717) is 11.3 Å². The zero-order valence-electron chi connectivity index (χ0n) is 13.5. The van der Waals surface area contributed by atoms with E-state index in [2.05, 4.69) is 22.0 Å². The molecule has 5 heteroatoms. The summed E-state index contributed by atoms with van der Waals surface area (Å²) in [6.45, 7) is 2.02. The fourth-order valence-electron chi connectivity index (χ4n) is 2.38. The summed E-state index contributed by atoms with van der Waals surface area (Å²) < 4.78 is 2.10. The number of amides is 1. The van der Waals surface area contributed by atoms with Gasteiger partial charge in [-0.1, -0.05) is 12.1 Å². The molecule has 1 N–H and O–H groups in total. The SMILES string of the molecule is CC(CCc1cccn1C)NC(=O)c1ccccc1SCC#N. The molecule has 0 spiro atoms.